The van der Waals surface area contributed by atoms with Crippen LogP contribution in [0.15, 0.2) is 48.5 Å². The van der Waals surface area contributed by atoms with Crippen molar-refractivity contribution in [3.05, 3.63) is 64.7 Å². The Kier molecular flexibility index (Phi) is 5.59. The molecule has 2 nitrogen and oxygen atoms in total. The molecule has 0 saturated carbocycles. The number of rotatable bonds is 6. The van der Waals surface area contributed by atoms with Gasteiger partial charge in [0.1, 0.15) is 4.99 Å². The number of hydrogen-bond donors (Lipinski definition) is 2. The Balaban J connectivity index is 2.01. The van der Waals surface area contributed by atoms with E-state index in [-0.39, 0.29) is 0 Å². The van der Waals surface area contributed by atoms with E-state index in [1.165, 1.54) is 5.56 Å². The molecule has 0 heterocycles. The van der Waals surface area contributed by atoms with Gasteiger partial charge in [0, 0.05) is 22.3 Å². The maximum atomic E-state index is 6.05. The van der Waals surface area contributed by atoms with E-state index in [1.54, 1.807) is 6.07 Å². The fourth-order valence-electron chi connectivity index (χ4n) is 2.22. The zero-order chi connectivity index (χ0) is 15.2. The van der Waals surface area contributed by atoms with Gasteiger partial charge < -0.3 is 11.1 Å². The van der Waals surface area contributed by atoms with Crippen molar-refractivity contribution in [1.82, 2.24) is 0 Å². The summed E-state index contributed by atoms with van der Waals surface area (Å²) in [5.41, 5.74) is 8.83. The van der Waals surface area contributed by atoms with Gasteiger partial charge in [-0.05, 0) is 43.5 Å². The predicted octanol–water partition coefficient (Wildman–Crippen LogP) is 4.41. The second-order valence-corrected chi connectivity index (χ2v) is 6.00. The van der Waals surface area contributed by atoms with Gasteiger partial charge in [0.25, 0.3) is 0 Å². The molecule has 0 saturated heterocycles. The second kappa shape index (κ2) is 7.43. The Bertz CT molecular complexity index is 613. The Labute approximate surface area is 136 Å². The fourth-order valence-corrected chi connectivity index (χ4v) is 2.57. The quantitative estimate of drug-likeness (QED) is 0.775. The van der Waals surface area contributed by atoms with Crippen LogP contribution < -0.4 is 11.1 Å². The van der Waals surface area contributed by atoms with Crippen molar-refractivity contribution in [2.24, 2.45) is 5.73 Å². The Morgan fingerprint density at radius 2 is 1.95 bits per heavy atom. The molecule has 4 heteroatoms. The normalized spacial score (nSPS) is 11.9. The van der Waals surface area contributed by atoms with Gasteiger partial charge in [-0.1, -0.05) is 54.2 Å². The molecule has 1 atom stereocenters. The molecule has 0 fully saturated rings. The summed E-state index contributed by atoms with van der Waals surface area (Å²) in [4.78, 5) is 0.379. The molecule has 2 aromatic rings. The number of nitrogens with one attached hydrogen (secondary N) is 1. The molecular weight excluding hydrogens is 300 g/mol. The van der Waals surface area contributed by atoms with Crippen molar-refractivity contribution >= 4 is 34.5 Å². The Morgan fingerprint density at radius 3 is 2.62 bits per heavy atom. The Morgan fingerprint density at radius 1 is 1.24 bits per heavy atom. The fraction of sp³-hybridized carbons (Fsp3) is 0.235. The van der Waals surface area contributed by atoms with Gasteiger partial charge in [0.05, 0.1) is 0 Å². The van der Waals surface area contributed by atoms with Crippen molar-refractivity contribution in [2.75, 3.05) is 5.32 Å². The average molecular weight is 319 g/mol. The average Bonchev–Trinajstić information content (AvgIpc) is 2.46. The molecule has 0 bridgehead atoms. The molecule has 0 amide bonds. The number of anilines is 1. The third-order valence-corrected chi connectivity index (χ3v) is 3.81. The highest BCUT2D eigenvalue weighted by Gasteiger charge is 2.09. The lowest BCUT2D eigenvalue weighted by Gasteiger charge is -2.18. The smallest absolute Gasteiger partial charge is 0.106 e. The summed E-state index contributed by atoms with van der Waals surface area (Å²) in [6.07, 6.45) is 2.05. The number of aryl methyl sites for hydroxylation is 1. The highest BCUT2D eigenvalue weighted by atomic mass is 35.5. The van der Waals surface area contributed by atoms with Gasteiger partial charge in [0.2, 0.25) is 0 Å². The topological polar surface area (TPSA) is 38.0 Å². The van der Waals surface area contributed by atoms with Crippen LogP contribution >= 0.6 is 23.8 Å². The van der Waals surface area contributed by atoms with Gasteiger partial charge in [0.15, 0.2) is 0 Å². The molecule has 0 aliphatic rings. The molecule has 3 N–H and O–H groups in total. The maximum absolute atomic E-state index is 6.05. The number of nitrogens with two attached hydrogens (primary N) is 1. The number of benzene rings is 2. The summed E-state index contributed by atoms with van der Waals surface area (Å²) in [6, 6.07) is 16.3. The first kappa shape index (κ1) is 15.8. The molecule has 21 heavy (non-hydrogen) atoms. The van der Waals surface area contributed by atoms with E-state index in [2.05, 4.69) is 36.5 Å². The molecular formula is C17H19ClN2S. The maximum Gasteiger partial charge on any atom is 0.106 e. The molecule has 0 spiro atoms. The van der Waals surface area contributed by atoms with Crippen LogP contribution in [0.3, 0.4) is 0 Å². The minimum atomic E-state index is 0.303. The molecule has 1 unspecified atom stereocenters. The lowest BCUT2D eigenvalue weighted by molar-refractivity contribution is 0.706. The molecule has 0 aliphatic carbocycles. The van der Waals surface area contributed by atoms with Crippen LogP contribution in [0.1, 0.15) is 24.5 Å². The molecule has 2 aromatic carbocycles. The molecule has 0 aliphatic heterocycles. The van der Waals surface area contributed by atoms with E-state index >= 15 is 0 Å². The molecule has 110 valence electrons. The van der Waals surface area contributed by atoms with E-state index in [0.717, 1.165) is 24.1 Å². The highest BCUT2D eigenvalue weighted by molar-refractivity contribution is 7.80. The summed E-state index contributed by atoms with van der Waals surface area (Å²) in [5, 5.41) is 4.12. The highest BCUT2D eigenvalue weighted by Crippen LogP contribution is 2.22. The van der Waals surface area contributed by atoms with Crippen LogP contribution in [0, 0.1) is 0 Å². The van der Waals surface area contributed by atoms with Crippen LogP contribution in [0.2, 0.25) is 5.02 Å². The molecule has 2 rings (SSSR count). The Hall–Kier alpha value is -1.58. The van der Waals surface area contributed by atoms with Crippen molar-refractivity contribution < 1.29 is 0 Å². The number of halogens is 1. The lowest BCUT2D eigenvalue weighted by atomic mass is 10.1. The minimum Gasteiger partial charge on any atom is -0.389 e. The summed E-state index contributed by atoms with van der Waals surface area (Å²) >= 11 is 11.1. The first-order chi connectivity index (χ1) is 10.1. The van der Waals surface area contributed by atoms with Gasteiger partial charge >= 0.3 is 0 Å². The van der Waals surface area contributed by atoms with Crippen molar-refractivity contribution in [1.29, 1.82) is 0 Å². The standard InChI is InChI=1S/C17H19ClN2S/c1-12(7-8-13-5-3-2-4-6-13)20-16-11-14(18)9-10-15(16)17(19)21/h2-6,9-12,20H,7-8H2,1H3,(H2,19,21). The van der Waals surface area contributed by atoms with E-state index in [9.17, 15) is 0 Å². The minimum absolute atomic E-state index is 0.303. The van der Waals surface area contributed by atoms with Crippen LogP contribution in [-0.4, -0.2) is 11.0 Å². The van der Waals surface area contributed by atoms with Crippen LogP contribution in [-0.2, 0) is 6.42 Å². The summed E-state index contributed by atoms with van der Waals surface area (Å²) in [6.45, 7) is 2.15. The van der Waals surface area contributed by atoms with Crippen LogP contribution in [0.5, 0.6) is 0 Å². The number of hydrogen-bond acceptors (Lipinski definition) is 2. The van der Waals surface area contributed by atoms with E-state index in [0.29, 0.717) is 16.1 Å². The van der Waals surface area contributed by atoms with Crippen molar-refractivity contribution in [3.63, 3.8) is 0 Å². The van der Waals surface area contributed by atoms with Gasteiger partial charge in [-0.25, -0.2) is 0 Å². The van der Waals surface area contributed by atoms with Gasteiger partial charge in [-0.3, -0.25) is 0 Å². The summed E-state index contributed by atoms with van der Waals surface area (Å²) in [5.74, 6) is 0. The summed E-state index contributed by atoms with van der Waals surface area (Å²) < 4.78 is 0. The largest absolute Gasteiger partial charge is 0.389 e. The summed E-state index contributed by atoms with van der Waals surface area (Å²) in [7, 11) is 0. The molecule has 0 radical (unpaired) electrons. The predicted molar refractivity (Wildman–Crippen MR) is 95.2 cm³/mol. The van der Waals surface area contributed by atoms with Crippen molar-refractivity contribution in [3.8, 4) is 0 Å². The number of thiocarbonyl (C=S) groups is 1. The third kappa shape index (κ3) is 4.73. The first-order valence-electron chi connectivity index (χ1n) is 6.96. The van der Waals surface area contributed by atoms with Gasteiger partial charge in [-0.2, -0.15) is 0 Å². The lowest BCUT2D eigenvalue weighted by Crippen LogP contribution is -2.20. The van der Waals surface area contributed by atoms with Crippen LogP contribution in [0.4, 0.5) is 5.69 Å². The second-order valence-electron chi connectivity index (χ2n) is 5.12. The first-order valence-corrected chi connectivity index (χ1v) is 7.74. The van der Waals surface area contributed by atoms with Gasteiger partial charge in [-0.15, -0.1) is 0 Å². The SMILES string of the molecule is CC(CCc1ccccc1)Nc1cc(Cl)ccc1C(N)=S. The zero-order valence-electron chi connectivity index (χ0n) is 12.0. The van der Waals surface area contributed by atoms with Crippen LogP contribution in [0.25, 0.3) is 0 Å². The third-order valence-electron chi connectivity index (χ3n) is 3.36. The van der Waals surface area contributed by atoms with E-state index < -0.39 is 0 Å². The molecule has 0 aromatic heterocycles. The van der Waals surface area contributed by atoms with Crippen molar-refractivity contribution in [2.45, 2.75) is 25.8 Å². The monoisotopic (exact) mass is 318 g/mol. The zero-order valence-corrected chi connectivity index (χ0v) is 13.5. The van der Waals surface area contributed by atoms with E-state index in [4.69, 9.17) is 29.6 Å². The van der Waals surface area contributed by atoms with E-state index in [1.807, 2.05) is 18.2 Å².